The van der Waals surface area contributed by atoms with Crippen molar-refractivity contribution in [3.8, 4) is 11.1 Å². The molecule has 0 atom stereocenters. The van der Waals surface area contributed by atoms with Crippen LogP contribution in [0.15, 0.2) is 67.0 Å². The average Bonchev–Trinajstić information content (AvgIpc) is 2.53. The normalized spacial score (nSPS) is 11.1. The molecule has 1 heterocycles. The Kier molecular flexibility index (Phi) is 2.68. The highest BCUT2D eigenvalue weighted by Crippen LogP contribution is 2.30. The summed E-state index contributed by atoms with van der Waals surface area (Å²) in [5, 5.41) is 2.50. The van der Waals surface area contributed by atoms with Gasteiger partial charge in [-0.05, 0) is 47.0 Å². The number of rotatable bonds is 1. The van der Waals surface area contributed by atoms with Crippen LogP contribution in [0.25, 0.3) is 32.9 Å². The van der Waals surface area contributed by atoms with Gasteiger partial charge in [0.2, 0.25) is 0 Å². The van der Waals surface area contributed by atoms with Crippen LogP contribution in [-0.2, 0) is 0 Å². The number of hydrogen-bond donors (Lipinski definition) is 0. The van der Waals surface area contributed by atoms with Crippen LogP contribution in [0.3, 0.4) is 0 Å². The zero-order chi connectivity index (χ0) is 14.2. The summed E-state index contributed by atoms with van der Waals surface area (Å²) in [5.41, 5.74) is 5.43. The van der Waals surface area contributed by atoms with Crippen LogP contribution < -0.4 is 0 Å². The van der Waals surface area contributed by atoms with E-state index in [0.717, 1.165) is 16.6 Å². The molecule has 0 amide bonds. The molecule has 0 aliphatic heterocycles. The molecule has 0 aliphatic rings. The van der Waals surface area contributed by atoms with Gasteiger partial charge in [-0.1, -0.05) is 36.4 Å². The molecule has 0 N–H and O–H groups in total. The first-order valence-corrected chi connectivity index (χ1v) is 7.02. The van der Waals surface area contributed by atoms with Gasteiger partial charge in [0, 0.05) is 18.0 Å². The van der Waals surface area contributed by atoms with Gasteiger partial charge in [0.05, 0.1) is 11.0 Å². The molecule has 4 aromatic rings. The SMILES string of the molecule is Cc1cc(-c2ccc3ccccc3c2)c2nccnc2c1. The van der Waals surface area contributed by atoms with Crippen LogP contribution in [0.4, 0.5) is 0 Å². The topological polar surface area (TPSA) is 25.8 Å². The smallest absolute Gasteiger partial charge is 0.0965 e. The minimum absolute atomic E-state index is 0.945. The Hall–Kier alpha value is -2.74. The first-order valence-electron chi connectivity index (χ1n) is 7.02. The number of fused-ring (bicyclic) bond motifs is 2. The van der Waals surface area contributed by atoms with Gasteiger partial charge in [-0.15, -0.1) is 0 Å². The van der Waals surface area contributed by atoms with Crippen molar-refractivity contribution in [3.63, 3.8) is 0 Å². The Morgan fingerprint density at radius 1 is 0.762 bits per heavy atom. The fraction of sp³-hybridized carbons (Fsp3) is 0.0526. The van der Waals surface area contributed by atoms with E-state index >= 15 is 0 Å². The fourth-order valence-electron chi connectivity index (χ4n) is 2.79. The Labute approximate surface area is 123 Å². The van der Waals surface area contributed by atoms with E-state index in [0.29, 0.717) is 0 Å². The first-order chi connectivity index (χ1) is 10.3. The summed E-state index contributed by atoms with van der Waals surface area (Å²) in [4.78, 5) is 8.94. The lowest BCUT2D eigenvalue weighted by atomic mass is 9.98. The molecular weight excluding hydrogens is 256 g/mol. The molecule has 3 aromatic carbocycles. The predicted molar refractivity (Wildman–Crippen MR) is 87.2 cm³/mol. The van der Waals surface area contributed by atoms with Crippen molar-refractivity contribution in [2.45, 2.75) is 6.92 Å². The molecule has 0 spiro atoms. The van der Waals surface area contributed by atoms with Crippen molar-refractivity contribution >= 4 is 21.8 Å². The summed E-state index contributed by atoms with van der Waals surface area (Å²) in [6, 6.07) is 19.2. The van der Waals surface area contributed by atoms with Crippen LogP contribution in [0.2, 0.25) is 0 Å². The van der Waals surface area contributed by atoms with Gasteiger partial charge in [0.25, 0.3) is 0 Å². The van der Waals surface area contributed by atoms with Crippen molar-refractivity contribution in [3.05, 3.63) is 72.6 Å². The number of aromatic nitrogens is 2. The second kappa shape index (κ2) is 4.67. The van der Waals surface area contributed by atoms with Crippen LogP contribution in [-0.4, -0.2) is 9.97 Å². The maximum atomic E-state index is 4.52. The molecular formula is C19H14N2. The van der Waals surface area contributed by atoms with E-state index in [1.165, 1.54) is 21.9 Å². The van der Waals surface area contributed by atoms with E-state index in [-0.39, 0.29) is 0 Å². The van der Waals surface area contributed by atoms with Gasteiger partial charge in [-0.2, -0.15) is 0 Å². The van der Waals surface area contributed by atoms with Crippen LogP contribution in [0.1, 0.15) is 5.56 Å². The number of benzene rings is 3. The average molecular weight is 270 g/mol. The molecule has 0 saturated heterocycles. The minimum atomic E-state index is 0.945. The summed E-state index contributed by atoms with van der Waals surface area (Å²) < 4.78 is 0. The van der Waals surface area contributed by atoms with Gasteiger partial charge >= 0.3 is 0 Å². The Balaban J connectivity index is 2.03. The van der Waals surface area contributed by atoms with Gasteiger partial charge < -0.3 is 0 Å². The zero-order valence-corrected chi connectivity index (χ0v) is 11.7. The van der Waals surface area contributed by atoms with Gasteiger partial charge in [0.1, 0.15) is 0 Å². The molecule has 0 fully saturated rings. The predicted octanol–water partition coefficient (Wildman–Crippen LogP) is 4.76. The lowest BCUT2D eigenvalue weighted by molar-refractivity contribution is 1.28. The van der Waals surface area contributed by atoms with Crippen molar-refractivity contribution in [2.24, 2.45) is 0 Å². The Morgan fingerprint density at radius 2 is 1.57 bits per heavy atom. The van der Waals surface area contributed by atoms with Gasteiger partial charge in [-0.25, -0.2) is 0 Å². The molecule has 0 unspecified atom stereocenters. The quantitative estimate of drug-likeness (QED) is 0.498. The Morgan fingerprint density at radius 3 is 2.48 bits per heavy atom. The molecule has 0 radical (unpaired) electrons. The minimum Gasteiger partial charge on any atom is -0.253 e. The molecule has 0 saturated carbocycles. The van der Waals surface area contributed by atoms with Gasteiger partial charge in [0.15, 0.2) is 0 Å². The first kappa shape index (κ1) is 12.0. The van der Waals surface area contributed by atoms with Crippen LogP contribution in [0, 0.1) is 6.92 Å². The highest BCUT2D eigenvalue weighted by Gasteiger charge is 2.07. The molecule has 100 valence electrons. The summed E-state index contributed by atoms with van der Waals surface area (Å²) >= 11 is 0. The molecule has 4 rings (SSSR count). The fourth-order valence-corrected chi connectivity index (χ4v) is 2.79. The molecule has 0 aliphatic carbocycles. The maximum Gasteiger partial charge on any atom is 0.0965 e. The van der Waals surface area contributed by atoms with Gasteiger partial charge in [-0.3, -0.25) is 9.97 Å². The highest BCUT2D eigenvalue weighted by atomic mass is 14.8. The standard InChI is InChI=1S/C19H14N2/c1-13-10-17(19-18(11-13)20-8-9-21-19)16-7-6-14-4-2-3-5-15(14)12-16/h2-12H,1H3. The second-order valence-electron chi connectivity index (χ2n) is 5.30. The van der Waals surface area contributed by atoms with Crippen molar-refractivity contribution < 1.29 is 0 Å². The maximum absolute atomic E-state index is 4.52. The summed E-state index contributed by atoms with van der Waals surface area (Å²) in [6.45, 7) is 2.10. The number of nitrogens with zero attached hydrogens (tertiary/aromatic N) is 2. The van der Waals surface area contributed by atoms with Crippen LogP contribution >= 0.6 is 0 Å². The molecule has 0 bridgehead atoms. The third-order valence-corrected chi connectivity index (χ3v) is 3.78. The van der Waals surface area contributed by atoms with Crippen molar-refractivity contribution in [2.75, 3.05) is 0 Å². The van der Waals surface area contributed by atoms with E-state index in [1.807, 2.05) is 0 Å². The van der Waals surface area contributed by atoms with Crippen LogP contribution in [0.5, 0.6) is 0 Å². The van der Waals surface area contributed by atoms with E-state index in [9.17, 15) is 0 Å². The zero-order valence-electron chi connectivity index (χ0n) is 11.7. The summed E-state index contributed by atoms with van der Waals surface area (Å²) in [7, 11) is 0. The number of aryl methyl sites for hydroxylation is 1. The van der Waals surface area contributed by atoms with E-state index in [2.05, 4.69) is 71.5 Å². The molecule has 2 nitrogen and oxygen atoms in total. The summed E-state index contributed by atoms with van der Waals surface area (Å²) in [5.74, 6) is 0. The molecule has 1 aromatic heterocycles. The lowest BCUT2D eigenvalue weighted by Gasteiger charge is -2.08. The highest BCUT2D eigenvalue weighted by molar-refractivity contribution is 5.95. The van der Waals surface area contributed by atoms with E-state index < -0.39 is 0 Å². The van der Waals surface area contributed by atoms with E-state index in [4.69, 9.17) is 0 Å². The van der Waals surface area contributed by atoms with E-state index in [1.54, 1.807) is 12.4 Å². The monoisotopic (exact) mass is 270 g/mol. The van der Waals surface area contributed by atoms with Crippen molar-refractivity contribution in [1.82, 2.24) is 9.97 Å². The second-order valence-corrected chi connectivity index (χ2v) is 5.30. The number of hydrogen-bond acceptors (Lipinski definition) is 2. The third-order valence-electron chi connectivity index (χ3n) is 3.78. The summed E-state index contributed by atoms with van der Waals surface area (Å²) in [6.07, 6.45) is 3.49. The molecule has 2 heteroatoms. The lowest BCUT2D eigenvalue weighted by Crippen LogP contribution is -1.89. The molecule has 21 heavy (non-hydrogen) atoms. The third kappa shape index (κ3) is 2.05. The van der Waals surface area contributed by atoms with Crippen molar-refractivity contribution in [1.29, 1.82) is 0 Å². The Bertz CT molecular complexity index is 958. The largest absolute Gasteiger partial charge is 0.253 e.